The number of benzene rings is 1. The molecule has 1 aliphatic rings. The van der Waals surface area contributed by atoms with Gasteiger partial charge in [-0.15, -0.1) is 0 Å². The van der Waals surface area contributed by atoms with Crippen LogP contribution in [0.25, 0.3) is 22.2 Å². The number of halogens is 2. The molecule has 0 saturated carbocycles. The first-order chi connectivity index (χ1) is 17.5. The van der Waals surface area contributed by atoms with Crippen LogP contribution in [-0.2, 0) is 9.47 Å². The fourth-order valence-corrected chi connectivity index (χ4v) is 5.05. The van der Waals surface area contributed by atoms with Crippen LogP contribution in [0.5, 0.6) is 5.75 Å². The first-order valence-electron chi connectivity index (χ1n) is 11.6. The zero-order valence-electron chi connectivity index (χ0n) is 19.8. The maximum Gasteiger partial charge on any atom is 0.356 e. The summed E-state index contributed by atoms with van der Waals surface area (Å²) >= 11 is 12.7. The summed E-state index contributed by atoms with van der Waals surface area (Å²) in [6.07, 6.45) is 7.13. The van der Waals surface area contributed by atoms with Gasteiger partial charge in [-0.25, -0.2) is 14.5 Å². The van der Waals surface area contributed by atoms with Gasteiger partial charge < -0.3 is 14.2 Å². The molecule has 10 heteroatoms. The van der Waals surface area contributed by atoms with Crippen molar-refractivity contribution in [3.63, 3.8) is 0 Å². The molecule has 4 heterocycles. The van der Waals surface area contributed by atoms with Crippen LogP contribution in [0.1, 0.15) is 54.6 Å². The quantitative estimate of drug-likeness (QED) is 0.267. The molecule has 2 atom stereocenters. The van der Waals surface area contributed by atoms with Crippen LogP contribution in [0, 0.1) is 0 Å². The lowest BCUT2D eigenvalue weighted by Gasteiger charge is -2.23. The molecule has 0 radical (unpaired) electrons. The van der Waals surface area contributed by atoms with Crippen LogP contribution in [0.2, 0.25) is 10.0 Å². The average molecular weight is 527 g/mol. The Morgan fingerprint density at radius 2 is 1.94 bits per heavy atom. The molecule has 1 saturated heterocycles. The van der Waals surface area contributed by atoms with Gasteiger partial charge in [0.15, 0.2) is 6.23 Å². The Kier molecular flexibility index (Phi) is 7.09. The zero-order valence-corrected chi connectivity index (χ0v) is 21.3. The van der Waals surface area contributed by atoms with E-state index in [1.807, 2.05) is 29.8 Å². The molecule has 0 N–H and O–H groups in total. The van der Waals surface area contributed by atoms with E-state index in [2.05, 4.69) is 9.97 Å². The van der Waals surface area contributed by atoms with Gasteiger partial charge in [0.25, 0.3) is 0 Å². The molecular weight excluding hydrogens is 503 g/mol. The smallest absolute Gasteiger partial charge is 0.356 e. The summed E-state index contributed by atoms with van der Waals surface area (Å²) in [7, 11) is 1.33. The average Bonchev–Trinajstić information content (AvgIpc) is 3.27. The Bertz CT molecular complexity index is 1380. The van der Waals surface area contributed by atoms with Gasteiger partial charge in [0.05, 0.1) is 22.7 Å². The van der Waals surface area contributed by atoms with E-state index in [9.17, 15) is 4.79 Å². The number of hydrogen-bond acceptors (Lipinski definition) is 7. The largest absolute Gasteiger partial charge is 0.486 e. The summed E-state index contributed by atoms with van der Waals surface area (Å²) in [5.41, 5.74) is 3.27. The van der Waals surface area contributed by atoms with Gasteiger partial charge in [0.2, 0.25) is 0 Å². The molecule has 8 nitrogen and oxygen atoms in total. The van der Waals surface area contributed by atoms with Crippen molar-refractivity contribution in [2.24, 2.45) is 0 Å². The maximum atomic E-state index is 11.8. The number of methoxy groups -OCH3 is 1. The molecule has 0 aliphatic carbocycles. The molecule has 1 fully saturated rings. The number of esters is 1. The van der Waals surface area contributed by atoms with Crippen LogP contribution in [0.15, 0.2) is 48.9 Å². The monoisotopic (exact) mass is 526 g/mol. The fourth-order valence-electron chi connectivity index (χ4n) is 4.37. The Hall–Kier alpha value is -3.20. The summed E-state index contributed by atoms with van der Waals surface area (Å²) in [4.78, 5) is 20.1. The number of hydrogen-bond donors (Lipinski definition) is 0. The fraction of sp³-hybridized carbons (Fsp3) is 0.308. The Labute approximate surface area is 218 Å². The van der Waals surface area contributed by atoms with E-state index < -0.39 is 12.1 Å². The van der Waals surface area contributed by atoms with Crippen molar-refractivity contribution in [1.29, 1.82) is 0 Å². The SMILES string of the molecule is COC(=O)c1ccc(-c2nn(C3CCCCO3)c3ccc(O[C@H](C)c4c(Cl)cncc4Cl)cc23)cn1. The minimum absolute atomic E-state index is 0.155. The first kappa shape index (κ1) is 24.5. The van der Waals surface area contributed by atoms with E-state index in [0.29, 0.717) is 33.7 Å². The van der Waals surface area contributed by atoms with Gasteiger partial charge in [-0.1, -0.05) is 23.2 Å². The number of rotatable bonds is 6. The van der Waals surface area contributed by atoms with Crippen molar-refractivity contribution < 1.29 is 19.0 Å². The van der Waals surface area contributed by atoms with E-state index in [1.165, 1.54) is 7.11 Å². The van der Waals surface area contributed by atoms with Crippen LogP contribution in [0.3, 0.4) is 0 Å². The topological polar surface area (TPSA) is 88.4 Å². The molecule has 3 aromatic heterocycles. The van der Waals surface area contributed by atoms with Gasteiger partial charge in [-0.2, -0.15) is 5.10 Å². The molecular formula is C26H24Cl2N4O4. The van der Waals surface area contributed by atoms with E-state index in [1.54, 1.807) is 30.7 Å². The van der Waals surface area contributed by atoms with E-state index >= 15 is 0 Å². The number of nitrogens with zero attached hydrogens (tertiary/aromatic N) is 4. The number of ether oxygens (including phenoxy) is 3. The highest BCUT2D eigenvalue weighted by atomic mass is 35.5. The highest BCUT2D eigenvalue weighted by molar-refractivity contribution is 6.35. The van der Waals surface area contributed by atoms with Crippen LogP contribution >= 0.6 is 23.2 Å². The van der Waals surface area contributed by atoms with Crippen molar-refractivity contribution in [3.05, 3.63) is 70.2 Å². The molecule has 1 unspecified atom stereocenters. The van der Waals surface area contributed by atoms with E-state index in [0.717, 1.165) is 35.7 Å². The van der Waals surface area contributed by atoms with Crippen molar-refractivity contribution in [3.8, 4) is 17.0 Å². The maximum absolute atomic E-state index is 11.8. The van der Waals surface area contributed by atoms with Gasteiger partial charge >= 0.3 is 5.97 Å². The summed E-state index contributed by atoms with van der Waals surface area (Å²) in [6.45, 7) is 2.58. The highest BCUT2D eigenvalue weighted by Gasteiger charge is 2.23. The number of aromatic nitrogens is 4. The Morgan fingerprint density at radius 1 is 1.14 bits per heavy atom. The molecule has 0 spiro atoms. The van der Waals surface area contributed by atoms with E-state index in [-0.39, 0.29) is 11.9 Å². The van der Waals surface area contributed by atoms with Crippen molar-refractivity contribution in [2.45, 2.75) is 38.5 Å². The second-order valence-electron chi connectivity index (χ2n) is 8.49. The van der Waals surface area contributed by atoms with Crippen molar-refractivity contribution in [1.82, 2.24) is 19.7 Å². The minimum Gasteiger partial charge on any atom is -0.486 e. The Balaban J connectivity index is 1.56. The van der Waals surface area contributed by atoms with Crippen molar-refractivity contribution >= 4 is 40.1 Å². The molecule has 4 aromatic rings. The van der Waals surface area contributed by atoms with E-state index in [4.69, 9.17) is 42.5 Å². The third-order valence-corrected chi connectivity index (χ3v) is 6.75. The lowest BCUT2D eigenvalue weighted by molar-refractivity contribution is -0.0365. The summed E-state index contributed by atoms with van der Waals surface area (Å²) < 4.78 is 18.9. The zero-order chi connectivity index (χ0) is 25.2. The number of carbonyl (C=O) groups excluding carboxylic acids is 1. The normalized spacial score (nSPS) is 16.6. The standard InChI is InChI=1S/C26H24Cl2N4O4/c1-15(24-19(27)13-29-14-20(24)28)36-17-7-9-22-18(11-17)25(31-32(22)23-5-3-4-10-35-23)16-6-8-21(30-12-16)26(33)34-2/h6-9,11-15,23H,3-5,10H2,1-2H3/t15-,23?/m1/s1. The molecule has 186 valence electrons. The van der Waals surface area contributed by atoms with Gasteiger partial charge in [-0.3, -0.25) is 4.98 Å². The molecule has 1 aromatic carbocycles. The first-order valence-corrected chi connectivity index (χ1v) is 12.4. The predicted octanol–water partition coefficient (Wildman–Crippen LogP) is 6.43. The lowest BCUT2D eigenvalue weighted by atomic mass is 10.1. The van der Waals surface area contributed by atoms with Gasteiger partial charge in [-0.05, 0) is 56.5 Å². The summed E-state index contributed by atoms with van der Waals surface area (Å²) in [6, 6.07) is 9.23. The summed E-state index contributed by atoms with van der Waals surface area (Å²) in [5, 5.41) is 6.66. The second kappa shape index (κ2) is 10.4. The second-order valence-corrected chi connectivity index (χ2v) is 9.31. The number of carbonyl (C=O) groups is 1. The van der Waals surface area contributed by atoms with Gasteiger partial charge in [0, 0.05) is 41.7 Å². The minimum atomic E-state index is -0.495. The van der Waals surface area contributed by atoms with Crippen LogP contribution in [-0.4, -0.2) is 39.4 Å². The number of fused-ring (bicyclic) bond motifs is 1. The lowest BCUT2D eigenvalue weighted by Crippen LogP contribution is -2.19. The van der Waals surface area contributed by atoms with Crippen LogP contribution in [0.4, 0.5) is 0 Å². The third kappa shape index (κ3) is 4.76. The molecule has 5 rings (SSSR count). The molecule has 36 heavy (non-hydrogen) atoms. The highest BCUT2D eigenvalue weighted by Crippen LogP contribution is 2.37. The number of pyridine rings is 2. The van der Waals surface area contributed by atoms with Crippen molar-refractivity contribution in [2.75, 3.05) is 13.7 Å². The predicted molar refractivity (Wildman–Crippen MR) is 136 cm³/mol. The Morgan fingerprint density at radius 3 is 2.61 bits per heavy atom. The molecule has 0 amide bonds. The summed E-state index contributed by atoms with van der Waals surface area (Å²) in [5.74, 6) is 0.133. The molecule has 1 aliphatic heterocycles. The third-order valence-electron chi connectivity index (χ3n) is 6.15. The van der Waals surface area contributed by atoms with Crippen LogP contribution < -0.4 is 4.74 Å². The van der Waals surface area contributed by atoms with Gasteiger partial charge in [0.1, 0.15) is 23.2 Å². The molecule has 0 bridgehead atoms.